The van der Waals surface area contributed by atoms with Crippen LogP contribution in [-0.2, 0) is 6.18 Å². The number of hydrogen-bond donors (Lipinski definition) is 1. The van der Waals surface area contributed by atoms with E-state index in [1.165, 1.54) is 18.2 Å². The van der Waals surface area contributed by atoms with E-state index in [-0.39, 0.29) is 10.8 Å². The summed E-state index contributed by atoms with van der Waals surface area (Å²) < 4.78 is 56.0. The summed E-state index contributed by atoms with van der Waals surface area (Å²) in [5.41, 5.74) is 5.23. The van der Waals surface area contributed by atoms with Gasteiger partial charge in [-0.2, -0.15) is 18.2 Å². The van der Waals surface area contributed by atoms with Crippen LogP contribution in [0.2, 0.25) is 5.02 Å². The first-order chi connectivity index (χ1) is 9.27. The molecule has 0 unspecified atom stereocenters. The van der Waals surface area contributed by atoms with Crippen LogP contribution in [0.5, 0.6) is 11.6 Å². The van der Waals surface area contributed by atoms with Gasteiger partial charge in [0.25, 0.3) is 0 Å². The Hall–Kier alpha value is -2.09. The van der Waals surface area contributed by atoms with Gasteiger partial charge in [0.1, 0.15) is 5.82 Å². The van der Waals surface area contributed by atoms with Crippen LogP contribution in [0, 0.1) is 5.82 Å². The molecule has 2 N–H and O–H groups in total. The Morgan fingerprint density at radius 3 is 2.55 bits per heavy atom. The molecule has 9 heteroatoms. The first kappa shape index (κ1) is 14.3. The van der Waals surface area contributed by atoms with Crippen LogP contribution in [0.1, 0.15) is 5.82 Å². The molecule has 0 bridgehead atoms. The van der Waals surface area contributed by atoms with Gasteiger partial charge in [0.15, 0.2) is 11.6 Å². The van der Waals surface area contributed by atoms with Gasteiger partial charge in [0, 0.05) is 6.07 Å². The molecule has 0 aliphatic heterocycles. The van der Waals surface area contributed by atoms with E-state index in [4.69, 9.17) is 22.1 Å². The molecule has 0 amide bonds. The Bertz CT molecular complexity index is 648. The van der Waals surface area contributed by atoms with Gasteiger partial charge in [-0.3, -0.25) is 0 Å². The zero-order valence-electron chi connectivity index (χ0n) is 9.58. The molecule has 1 aromatic heterocycles. The van der Waals surface area contributed by atoms with Crippen molar-refractivity contribution in [1.29, 1.82) is 0 Å². The smallest absolute Gasteiger partial charge is 0.436 e. The lowest BCUT2D eigenvalue weighted by Gasteiger charge is -2.10. The second kappa shape index (κ2) is 5.12. The van der Waals surface area contributed by atoms with E-state index < -0.39 is 29.5 Å². The van der Waals surface area contributed by atoms with Crippen molar-refractivity contribution in [2.45, 2.75) is 6.18 Å². The summed E-state index contributed by atoms with van der Waals surface area (Å²) in [6, 6.07) is 4.76. The number of aromatic nitrogens is 2. The first-order valence-corrected chi connectivity index (χ1v) is 5.49. The molecule has 20 heavy (non-hydrogen) atoms. The summed E-state index contributed by atoms with van der Waals surface area (Å²) in [5, 5.41) is -0.236. The molecule has 0 spiro atoms. The second-order valence-corrected chi connectivity index (χ2v) is 4.01. The quantitative estimate of drug-likeness (QED) is 0.860. The number of nitrogen functional groups attached to an aromatic ring is 1. The Morgan fingerprint density at radius 1 is 1.20 bits per heavy atom. The molecule has 0 aliphatic rings. The minimum absolute atomic E-state index is 0.236. The van der Waals surface area contributed by atoms with Gasteiger partial charge >= 0.3 is 6.18 Å². The fraction of sp³-hybridized carbons (Fsp3) is 0.0909. The van der Waals surface area contributed by atoms with Crippen LogP contribution < -0.4 is 10.5 Å². The largest absolute Gasteiger partial charge is 0.451 e. The van der Waals surface area contributed by atoms with Gasteiger partial charge in [-0.05, 0) is 12.1 Å². The Balaban J connectivity index is 2.39. The number of anilines is 1. The highest BCUT2D eigenvalue weighted by atomic mass is 35.5. The summed E-state index contributed by atoms with van der Waals surface area (Å²) in [4.78, 5) is 6.15. The summed E-state index contributed by atoms with van der Waals surface area (Å²) in [6.45, 7) is 0. The predicted molar refractivity (Wildman–Crippen MR) is 62.9 cm³/mol. The van der Waals surface area contributed by atoms with Crippen LogP contribution in [0.25, 0.3) is 0 Å². The fourth-order valence-corrected chi connectivity index (χ4v) is 1.46. The number of halogens is 5. The number of nitrogens with zero attached hydrogens (tertiary/aromatic N) is 2. The standard InChI is InChI=1S/C11H6ClF4N3O/c12-5-2-1-3-6(9(5)13)20-8-4-7(17)18-10(19-8)11(14,15)16/h1-4H,(H2,17,18,19). The number of alkyl halides is 3. The van der Waals surface area contributed by atoms with Crippen molar-refractivity contribution in [2.75, 3.05) is 5.73 Å². The average molecular weight is 308 g/mol. The zero-order chi connectivity index (χ0) is 14.9. The van der Waals surface area contributed by atoms with Gasteiger partial charge in [-0.25, -0.2) is 9.37 Å². The van der Waals surface area contributed by atoms with Crippen LogP contribution in [0.4, 0.5) is 23.4 Å². The molecule has 0 aliphatic carbocycles. The van der Waals surface area contributed by atoms with E-state index >= 15 is 0 Å². The zero-order valence-corrected chi connectivity index (χ0v) is 10.3. The molecule has 2 rings (SSSR count). The normalized spacial score (nSPS) is 11.4. The molecule has 0 radical (unpaired) electrons. The van der Waals surface area contributed by atoms with E-state index in [9.17, 15) is 17.6 Å². The van der Waals surface area contributed by atoms with Gasteiger partial charge < -0.3 is 10.5 Å². The number of hydrogen-bond acceptors (Lipinski definition) is 4. The third-order valence-corrected chi connectivity index (χ3v) is 2.40. The maximum absolute atomic E-state index is 13.6. The molecule has 1 aromatic carbocycles. The van der Waals surface area contributed by atoms with Crippen LogP contribution in [0.15, 0.2) is 24.3 Å². The predicted octanol–water partition coefficient (Wildman–Crippen LogP) is 3.66. The minimum atomic E-state index is -4.79. The van der Waals surface area contributed by atoms with Gasteiger partial charge in [-0.15, -0.1) is 0 Å². The molecule has 0 saturated carbocycles. The number of rotatable bonds is 2. The van der Waals surface area contributed by atoms with Crippen molar-refractivity contribution < 1.29 is 22.3 Å². The van der Waals surface area contributed by atoms with Crippen molar-refractivity contribution in [3.63, 3.8) is 0 Å². The number of benzene rings is 1. The second-order valence-electron chi connectivity index (χ2n) is 3.61. The number of ether oxygens (including phenoxy) is 1. The lowest BCUT2D eigenvalue weighted by Crippen LogP contribution is -2.13. The maximum Gasteiger partial charge on any atom is 0.451 e. The third kappa shape index (κ3) is 3.08. The van der Waals surface area contributed by atoms with Crippen LogP contribution >= 0.6 is 11.6 Å². The monoisotopic (exact) mass is 307 g/mol. The Kier molecular flexibility index (Phi) is 3.67. The molecule has 4 nitrogen and oxygen atoms in total. The molecule has 0 fully saturated rings. The van der Waals surface area contributed by atoms with E-state index in [1.54, 1.807) is 0 Å². The highest BCUT2D eigenvalue weighted by Gasteiger charge is 2.35. The van der Waals surface area contributed by atoms with E-state index in [2.05, 4.69) is 9.97 Å². The highest BCUT2D eigenvalue weighted by molar-refractivity contribution is 6.30. The molecule has 0 saturated heterocycles. The number of nitrogens with two attached hydrogens (primary N) is 1. The minimum Gasteiger partial charge on any atom is -0.436 e. The Morgan fingerprint density at radius 2 is 1.90 bits per heavy atom. The third-order valence-electron chi connectivity index (χ3n) is 2.11. The van der Waals surface area contributed by atoms with Gasteiger partial charge in [0.2, 0.25) is 11.7 Å². The lowest BCUT2D eigenvalue weighted by atomic mass is 10.3. The lowest BCUT2D eigenvalue weighted by molar-refractivity contribution is -0.145. The summed E-state index contributed by atoms with van der Waals surface area (Å²) >= 11 is 5.52. The van der Waals surface area contributed by atoms with Gasteiger partial charge in [0.05, 0.1) is 5.02 Å². The van der Waals surface area contributed by atoms with Crippen molar-refractivity contribution in [3.8, 4) is 11.6 Å². The topological polar surface area (TPSA) is 61.0 Å². The van der Waals surface area contributed by atoms with Crippen LogP contribution in [0.3, 0.4) is 0 Å². The van der Waals surface area contributed by atoms with Crippen molar-refractivity contribution >= 4 is 17.4 Å². The summed E-state index contributed by atoms with van der Waals surface area (Å²) in [7, 11) is 0. The van der Waals surface area contributed by atoms with Gasteiger partial charge in [-0.1, -0.05) is 17.7 Å². The highest BCUT2D eigenvalue weighted by Crippen LogP contribution is 2.31. The van der Waals surface area contributed by atoms with E-state index in [0.29, 0.717) is 0 Å². The average Bonchev–Trinajstić information content (AvgIpc) is 2.33. The fourth-order valence-electron chi connectivity index (χ4n) is 1.30. The SMILES string of the molecule is Nc1cc(Oc2cccc(Cl)c2F)nc(C(F)(F)F)n1. The molecule has 0 atom stereocenters. The molecule has 2 aromatic rings. The van der Waals surface area contributed by atoms with Crippen molar-refractivity contribution in [1.82, 2.24) is 9.97 Å². The summed E-state index contributed by atoms with van der Waals surface area (Å²) in [6.07, 6.45) is -4.79. The molecular formula is C11H6ClF4N3O. The molecule has 1 heterocycles. The van der Waals surface area contributed by atoms with Crippen molar-refractivity contribution in [3.05, 3.63) is 40.9 Å². The van der Waals surface area contributed by atoms with Crippen molar-refractivity contribution in [2.24, 2.45) is 0 Å². The molecule has 106 valence electrons. The molecular weight excluding hydrogens is 302 g/mol. The van der Waals surface area contributed by atoms with Crippen LogP contribution in [-0.4, -0.2) is 9.97 Å². The Labute approximate surface area is 115 Å². The maximum atomic E-state index is 13.6. The van der Waals surface area contributed by atoms with E-state index in [0.717, 1.165) is 6.07 Å². The first-order valence-electron chi connectivity index (χ1n) is 5.11. The summed E-state index contributed by atoms with van der Waals surface area (Å²) in [5.74, 6) is -3.76. The van der Waals surface area contributed by atoms with E-state index in [1.807, 2.05) is 0 Å².